The van der Waals surface area contributed by atoms with Gasteiger partial charge in [-0.05, 0) is 25.7 Å². The predicted molar refractivity (Wildman–Crippen MR) is 68.7 cm³/mol. The van der Waals surface area contributed by atoms with E-state index >= 15 is 0 Å². The molecule has 0 saturated heterocycles. The van der Waals surface area contributed by atoms with Gasteiger partial charge in [0.05, 0.1) is 6.42 Å². The summed E-state index contributed by atoms with van der Waals surface area (Å²) in [6.45, 7) is 7.29. The van der Waals surface area contributed by atoms with Crippen LogP contribution in [0.25, 0.3) is 0 Å². The summed E-state index contributed by atoms with van der Waals surface area (Å²) in [6, 6.07) is 0. The Kier molecular flexibility index (Phi) is 8.58. The van der Waals surface area contributed by atoms with Gasteiger partial charge < -0.3 is 10.6 Å². The van der Waals surface area contributed by atoms with Gasteiger partial charge >= 0.3 is 6.18 Å². The summed E-state index contributed by atoms with van der Waals surface area (Å²) < 4.78 is 36.0. The normalized spacial score (nSPS) is 12.9. The van der Waals surface area contributed by atoms with E-state index < -0.39 is 12.6 Å². The van der Waals surface area contributed by atoms with Crippen LogP contribution >= 0.6 is 0 Å². The summed E-state index contributed by atoms with van der Waals surface area (Å²) in [5.41, 5.74) is 0. The van der Waals surface area contributed by atoms with Gasteiger partial charge in [0.15, 0.2) is 5.96 Å². The summed E-state index contributed by atoms with van der Waals surface area (Å²) >= 11 is 0. The Bertz CT molecular complexity index is 237. The van der Waals surface area contributed by atoms with Crippen molar-refractivity contribution in [1.29, 1.82) is 0 Å². The zero-order valence-electron chi connectivity index (χ0n) is 11.4. The fourth-order valence-electron chi connectivity index (χ4n) is 1.35. The second kappa shape index (κ2) is 9.05. The Hall–Kier alpha value is -0.940. The predicted octanol–water partition coefficient (Wildman–Crippen LogP) is 2.93. The van der Waals surface area contributed by atoms with Crippen LogP contribution in [0.1, 0.15) is 40.0 Å². The van der Waals surface area contributed by atoms with Gasteiger partial charge in [0, 0.05) is 19.6 Å². The van der Waals surface area contributed by atoms with Gasteiger partial charge in [-0.25, -0.2) is 0 Å². The standard InChI is InChI=1S/C12H24F3N3/c1-4-16-11(17-8-5-6-10(2)3)18-9-7-12(13,14)15/h10H,4-9H2,1-3H3,(H2,16,17,18). The number of hydrogen-bond donors (Lipinski definition) is 2. The van der Waals surface area contributed by atoms with Crippen LogP contribution in [0.2, 0.25) is 0 Å². The van der Waals surface area contributed by atoms with E-state index in [2.05, 4.69) is 29.5 Å². The number of hydrogen-bond acceptors (Lipinski definition) is 1. The largest absolute Gasteiger partial charge is 0.390 e. The number of aliphatic imine (C=N–C) groups is 1. The number of guanidine groups is 1. The third-order valence-electron chi connectivity index (χ3n) is 2.25. The van der Waals surface area contributed by atoms with Crippen molar-refractivity contribution in [1.82, 2.24) is 10.6 Å². The maximum absolute atomic E-state index is 12.0. The molecular weight excluding hydrogens is 243 g/mol. The highest BCUT2D eigenvalue weighted by molar-refractivity contribution is 5.79. The average molecular weight is 267 g/mol. The maximum Gasteiger partial charge on any atom is 0.390 e. The molecule has 0 heterocycles. The molecule has 0 aromatic carbocycles. The summed E-state index contributed by atoms with van der Waals surface area (Å²) in [6.07, 6.45) is -2.94. The number of nitrogens with zero attached hydrogens (tertiary/aromatic N) is 1. The smallest absolute Gasteiger partial charge is 0.357 e. The second-order valence-corrected chi connectivity index (χ2v) is 4.59. The lowest BCUT2D eigenvalue weighted by atomic mass is 10.1. The van der Waals surface area contributed by atoms with Crippen molar-refractivity contribution in [2.75, 3.05) is 19.6 Å². The van der Waals surface area contributed by atoms with Gasteiger partial charge in [0.25, 0.3) is 0 Å². The van der Waals surface area contributed by atoms with Crippen LogP contribution in [0.15, 0.2) is 4.99 Å². The van der Waals surface area contributed by atoms with E-state index in [9.17, 15) is 13.2 Å². The summed E-state index contributed by atoms with van der Waals surface area (Å²) in [4.78, 5) is 4.23. The first-order valence-corrected chi connectivity index (χ1v) is 6.44. The fraction of sp³-hybridized carbons (Fsp3) is 0.917. The van der Waals surface area contributed by atoms with Crippen LogP contribution in [-0.2, 0) is 0 Å². The fourth-order valence-corrected chi connectivity index (χ4v) is 1.35. The van der Waals surface area contributed by atoms with Crippen molar-refractivity contribution in [2.45, 2.75) is 46.2 Å². The number of nitrogens with one attached hydrogen (secondary N) is 2. The van der Waals surface area contributed by atoms with Crippen molar-refractivity contribution in [2.24, 2.45) is 10.9 Å². The molecule has 2 N–H and O–H groups in total. The lowest BCUT2D eigenvalue weighted by molar-refractivity contribution is -0.132. The Morgan fingerprint density at radius 3 is 2.39 bits per heavy atom. The Labute approximate surface area is 107 Å². The van der Waals surface area contributed by atoms with Crippen LogP contribution in [0.3, 0.4) is 0 Å². The lowest BCUT2D eigenvalue weighted by Gasteiger charge is -2.12. The van der Waals surface area contributed by atoms with Crippen molar-refractivity contribution >= 4 is 5.96 Å². The van der Waals surface area contributed by atoms with Gasteiger partial charge in [-0.1, -0.05) is 13.8 Å². The zero-order valence-corrected chi connectivity index (χ0v) is 11.4. The van der Waals surface area contributed by atoms with Crippen LogP contribution in [0.4, 0.5) is 13.2 Å². The van der Waals surface area contributed by atoms with E-state index in [4.69, 9.17) is 0 Å². The van der Waals surface area contributed by atoms with E-state index in [-0.39, 0.29) is 6.54 Å². The molecule has 3 nitrogen and oxygen atoms in total. The molecule has 0 fully saturated rings. The van der Waals surface area contributed by atoms with Gasteiger partial charge in [-0.3, -0.25) is 4.99 Å². The Balaban J connectivity index is 3.93. The molecule has 0 radical (unpaired) electrons. The zero-order chi connectivity index (χ0) is 14.0. The van der Waals surface area contributed by atoms with E-state index in [1.165, 1.54) is 0 Å². The van der Waals surface area contributed by atoms with Gasteiger partial charge in [-0.15, -0.1) is 0 Å². The first kappa shape index (κ1) is 17.1. The minimum absolute atomic E-state index is 0.139. The third kappa shape index (κ3) is 11.5. The molecular formula is C12H24F3N3. The number of rotatable bonds is 7. The molecule has 0 saturated carbocycles. The summed E-state index contributed by atoms with van der Waals surface area (Å²) in [7, 11) is 0. The van der Waals surface area contributed by atoms with E-state index in [1.54, 1.807) is 0 Å². The monoisotopic (exact) mass is 267 g/mol. The molecule has 0 aromatic rings. The van der Waals surface area contributed by atoms with Crippen molar-refractivity contribution in [3.8, 4) is 0 Å². The molecule has 0 rings (SSSR count). The average Bonchev–Trinajstić information content (AvgIpc) is 2.22. The highest BCUT2D eigenvalue weighted by atomic mass is 19.4. The minimum atomic E-state index is -4.12. The van der Waals surface area contributed by atoms with Gasteiger partial charge in [-0.2, -0.15) is 13.2 Å². The molecule has 0 unspecified atom stereocenters. The van der Waals surface area contributed by atoms with Crippen LogP contribution in [-0.4, -0.2) is 31.8 Å². The summed E-state index contributed by atoms with van der Waals surface area (Å²) in [5.74, 6) is 1.09. The third-order valence-corrected chi connectivity index (χ3v) is 2.25. The van der Waals surface area contributed by atoms with Crippen molar-refractivity contribution in [3.63, 3.8) is 0 Å². The SMILES string of the molecule is CCNC(=NCCCC(C)C)NCCC(F)(F)F. The molecule has 0 bridgehead atoms. The summed E-state index contributed by atoms with van der Waals surface area (Å²) in [5, 5.41) is 5.61. The molecule has 0 amide bonds. The molecule has 18 heavy (non-hydrogen) atoms. The quantitative estimate of drug-likeness (QED) is 0.423. The van der Waals surface area contributed by atoms with Crippen molar-refractivity contribution in [3.05, 3.63) is 0 Å². The van der Waals surface area contributed by atoms with E-state index in [0.717, 1.165) is 12.8 Å². The molecule has 6 heteroatoms. The Morgan fingerprint density at radius 2 is 1.89 bits per heavy atom. The number of alkyl halides is 3. The first-order valence-electron chi connectivity index (χ1n) is 6.44. The maximum atomic E-state index is 12.0. The van der Waals surface area contributed by atoms with Crippen LogP contribution < -0.4 is 10.6 Å². The Morgan fingerprint density at radius 1 is 1.22 bits per heavy atom. The minimum Gasteiger partial charge on any atom is -0.357 e. The highest BCUT2D eigenvalue weighted by Gasteiger charge is 2.26. The number of halogens is 3. The second-order valence-electron chi connectivity index (χ2n) is 4.59. The molecule has 0 aliphatic rings. The molecule has 0 atom stereocenters. The van der Waals surface area contributed by atoms with Gasteiger partial charge in [0.1, 0.15) is 0 Å². The van der Waals surface area contributed by atoms with Crippen molar-refractivity contribution < 1.29 is 13.2 Å². The first-order chi connectivity index (χ1) is 8.35. The highest BCUT2D eigenvalue weighted by Crippen LogP contribution is 2.17. The van der Waals surface area contributed by atoms with E-state index in [0.29, 0.717) is 25.0 Å². The molecule has 0 aromatic heterocycles. The molecule has 108 valence electrons. The van der Waals surface area contributed by atoms with E-state index in [1.807, 2.05) is 6.92 Å². The topological polar surface area (TPSA) is 36.4 Å². The molecule has 0 aliphatic heterocycles. The van der Waals surface area contributed by atoms with Crippen LogP contribution in [0, 0.1) is 5.92 Å². The molecule has 0 aliphatic carbocycles. The van der Waals surface area contributed by atoms with Gasteiger partial charge in [0.2, 0.25) is 0 Å². The molecule has 0 spiro atoms. The van der Waals surface area contributed by atoms with Crippen LogP contribution in [0.5, 0.6) is 0 Å². The lowest BCUT2D eigenvalue weighted by Crippen LogP contribution is -2.39.